The third kappa shape index (κ3) is 8.25. The fraction of sp³-hybridized carbons (Fsp3) is 0.789. The summed E-state index contributed by atoms with van der Waals surface area (Å²) in [6.07, 6.45) is 2.23. The predicted octanol–water partition coefficient (Wildman–Crippen LogP) is 7.54. The van der Waals surface area contributed by atoms with Crippen molar-refractivity contribution in [3.05, 3.63) is 28.8 Å². The molecule has 0 radical (unpaired) electrons. The number of hydrogen-bond donors (Lipinski definition) is 1. The van der Waals surface area contributed by atoms with Gasteiger partial charge in [0.25, 0.3) is 0 Å². The van der Waals surface area contributed by atoms with Crippen LogP contribution in [0.3, 0.4) is 0 Å². The first-order valence-electron chi connectivity index (χ1n) is 16.8. The second-order valence-corrected chi connectivity index (χ2v) is 18.6. The van der Waals surface area contributed by atoms with Crippen molar-refractivity contribution in [1.82, 2.24) is 9.80 Å². The molecule has 7 heteroatoms. The number of ether oxygens (including phenoxy) is 2. The Hall–Kier alpha value is -2.12. The van der Waals surface area contributed by atoms with Gasteiger partial charge in [-0.1, -0.05) is 53.7 Å². The van der Waals surface area contributed by atoms with Gasteiger partial charge < -0.3 is 14.6 Å². The number of carbonyl (C=O) groups excluding carboxylic acids is 2. The van der Waals surface area contributed by atoms with Crippen LogP contribution in [0.5, 0.6) is 5.75 Å². The summed E-state index contributed by atoms with van der Waals surface area (Å²) in [6.45, 7) is 29.7. The van der Waals surface area contributed by atoms with Crippen molar-refractivity contribution in [3.63, 3.8) is 0 Å². The van der Waals surface area contributed by atoms with E-state index in [0.717, 1.165) is 16.7 Å². The summed E-state index contributed by atoms with van der Waals surface area (Å²) >= 11 is 0. The number of phenolic OH excluding ortho intramolecular Hbond substituents is 1. The van der Waals surface area contributed by atoms with Crippen molar-refractivity contribution < 1.29 is 24.2 Å². The monoisotopic (exact) mass is 628 g/mol. The van der Waals surface area contributed by atoms with E-state index in [4.69, 9.17) is 9.47 Å². The molecule has 0 bridgehead atoms. The van der Waals surface area contributed by atoms with E-state index in [1.54, 1.807) is 0 Å². The summed E-state index contributed by atoms with van der Waals surface area (Å²) in [5, 5.41) is 11.3. The molecule has 2 aliphatic rings. The van der Waals surface area contributed by atoms with Gasteiger partial charge in [0, 0.05) is 47.8 Å². The summed E-state index contributed by atoms with van der Waals surface area (Å²) in [5.41, 5.74) is 1.03. The Balaban J connectivity index is 2.02. The van der Waals surface area contributed by atoms with Crippen LogP contribution in [0.15, 0.2) is 12.1 Å². The number of benzene rings is 1. The van der Waals surface area contributed by atoms with Gasteiger partial charge >= 0.3 is 11.9 Å². The number of piperidine rings is 2. The first-order chi connectivity index (χ1) is 20.1. The van der Waals surface area contributed by atoms with E-state index in [2.05, 4.69) is 121 Å². The molecular weight excluding hydrogens is 564 g/mol. The molecule has 7 nitrogen and oxygen atoms in total. The zero-order valence-corrected chi connectivity index (χ0v) is 31.4. The average molecular weight is 629 g/mol. The summed E-state index contributed by atoms with van der Waals surface area (Å²) < 4.78 is 12.5. The predicted molar refractivity (Wildman–Crippen MR) is 183 cm³/mol. The maximum Gasteiger partial charge on any atom is 0.320 e. The molecule has 1 aromatic rings. The highest BCUT2D eigenvalue weighted by Crippen LogP contribution is 2.42. The molecule has 0 unspecified atom stereocenters. The zero-order chi connectivity index (χ0) is 34.7. The maximum atomic E-state index is 14.1. The van der Waals surface area contributed by atoms with Crippen molar-refractivity contribution >= 4 is 11.9 Å². The maximum absolute atomic E-state index is 14.1. The summed E-state index contributed by atoms with van der Waals surface area (Å²) in [6, 6.07) is 3.89. The largest absolute Gasteiger partial charge is 0.507 e. The molecule has 0 spiro atoms. The Morgan fingerprint density at radius 2 is 1.00 bits per heavy atom. The van der Waals surface area contributed by atoms with Gasteiger partial charge in [-0.2, -0.15) is 0 Å². The first-order valence-corrected chi connectivity index (χ1v) is 16.8. The average Bonchev–Trinajstić information content (AvgIpc) is 2.82. The number of hydrogen-bond acceptors (Lipinski definition) is 7. The van der Waals surface area contributed by atoms with Crippen molar-refractivity contribution in [2.45, 2.75) is 174 Å². The number of nitrogens with zero attached hydrogens (tertiary/aromatic N) is 2. The van der Waals surface area contributed by atoms with Crippen LogP contribution in [0, 0.1) is 5.92 Å². The molecule has 1 aromatic carbocycles. The summed E-state index contributed by atoms with van der Waals surface area (Å²) in [7, 11) is 4.24. The van der Waals surface area contributed by atoms with E-state index >= 15 is 0 Å². The van der Waals surface area contributed by atoms with Gasteiger partial charge in [0.1, 0.15) is 18.0 Å². The molecule has 2 fully saturated rings. The Morgan fingerprint density at radius 1 is 0.711 bits per heavy atom. The third-order valence-corrected chi connectivity index (χ3v) is 10.9. The number of likely N-dealkylation sites (tertiary alicyclic amines) is 2. The van der Waals surface area contributed by atoms with E-state index in [1.807, 2.05) is 12.1 Å². The number of esters is 2. The number of carbonyl (C=O) groups is 2. The Kier molecular flexibility index (Phi) is 10.1. The van der Waals surface area contributed by atoms with Gasteiger partial charge in [-0.3, -0.25) is 19.4 Å². The van der Waals surface area contributed by atoms with Crippen LogP contribution in [-0.4, -0.2) is 75.3 Å². The van der Waals surface area contributed by atoms with Gasteiger partial charge in [0.05, 0.1) is 0 Å². The molecule has 0 aromatic heterocycles. The van der Waals surface area contributed by atoms with Gasteiger partial charge in [-0.05, 0) is 103 Å². The molecular formula is C38H64N2O5. The second kappa shape index (κ2) is 12.2. The lowest BCUT2D eigenvalue weighted by atomic mass is 9.77. The van der Waals surface area contributed by atoms with Crippen LogP contribution in [0.4, 0.5) is 0 Å². The van der Waals surface area contributed by atoms with E-state index in [-0.39, 0.29) is 57.4 Å². The highest BCUT2D eigenvalue weighted by Gasteiger charge is 2.47. The van der Waals surface area contributed by atoms with Crippen LogP contribution in [0.1, 0.15) is 139 Å². The molecule has 0 aliphatic carbocycles. The fourth-order valence-electron chi connectivity index (χ4n) is 7.67. The fourth-order valence-corrected chi connectivity index (χ4v) is 7.67. The third-order valence-electron chi connectivity index (χ3n) is 10.9. The van der Waals surface area contributed by atoms with Crippen LogP contribution in [-0.2, 0) is 36.3 Å². The summed E-state index contributed by atoms with van der Waals surface area (Å²) in [4.78, 5) is 33.0. The molecule has 3 rings (SSSR count). The van der Waals surface area contributed by atoms with Gasteiger partial charge in [-0.25, -0.2) is 0 Å². The van der Waals surface area contributed by atoms with Crippen molar-refractivity contribution in [1.29, 1.82) is 0 Å². The standard InChI is InChI=1S/C38H64N2O5/c1-33(2,3)28-18-24(19-29(30(28)41)34(4,5)6)17-27(31(42)44-25-20-35(7,8)39(15)36(9,10)21-25)32(43)45-26-22-37(11,12)40(16)38(13,14)23-26/h18-19,25-27,41H,17,20-23H2,1-16H3. The molecule has 1 N–H and O–H groups in total. The highest BCUT2D eigenvalue weighted by atomic mass is 16.6. The van der Waals surface area contributed by atoms with Gasteiger partial charge in [0.2, 0.25) is 0 Å². The zero-order valence-electron chi connectivity index (χ0n) is 31.4. The number of aromatic hydroxyl groups is 1. The lowest BCUT2D eigenvalue weighted by Gasteiger charge is -2.53. The van der Waals surface area contributed by atoms with E-state index in [9.17, 15) is 14.7 Å². The van der Waals surface area contributed by atoms with Crippen molar-refractivity contribution in [2.75, 3.05) is 14.1 Å². The molecule has 0 atom stereocenters. The van der Waals surface area contributed by atoms with Crippen LogP contribution in [0.2, 0.25) is 0 Å². The van der Waals surface area contributed by atoms with E-state index in [0.29, 0.717) is 25.7 Å². The SMILES string of the molecule is CN1C(C)(C)CC(OC(=O)C(Cc2cc(C(C)(C)C)c(O)c(C(C)(C)C)c2)C(=O)OC2CC(C)(C)N(C)C(C)(C)C2)CC1(C)C. The van der Waals surface area contributed by atoms with Crippen LogP contribution < -0.4 is 0 Å². The normalized spacial score (nSPS) is 22.8. The minimum Gasteiger partial charge on any atom is -0.507 e. The highest BCUT2D eigenvalue weighted by molar-refractivity contribution is 5.95. The Bertz CT molecular complexity index is 1140. The minimum atomic E-state index is -1.12. The van der Waals surface area contributed by atoms with E-state index in [1.165, 1.54) is 0 Å². The minimum absolute atomic E-state index is 0.142. The van der Waals surface area contributed by atoms with Gasteiger partial charge in [0.15, 0.2) is 5.92 Å². The summed E-state index contributed by atoms with van der Waals surface area (Å²) in [5.74, 6) is -1.91. The molecule has 0 saturated carbocycles. The molecule has 0 amide bonds. The first kappa shape index (κ1) is 37.3. The molecule has 45 heavy (non-hydrogen) atoms. The van der Waals surface area contributed by atoms with Crippen molar-refractivity contribution in [3.8, 4) is 5.75 Å². The van der Waals surface area contributed by atoms with Crippen LogP contribution in [0.25, 0.3) is 0 Å². The Morgan fingerprint density at radius 3 is 1.27 bits per heavy atom. The quantitative estimate of drug-likeness (QED) is 0.258. The molecule has 2 aliphatic heterocycles. The smallest absolute Gasteiger partial charge is 0.320 e. The second-order valence-electron chi connectivity index (χ2n) is 18.6. The van der Waals surface area contributed by atoms with Crippen molar-refractivity contribution in [2.24, 2.45) is 5.92 Å². The molecule has 2 heterocycles. The van der Waals surface area contributed by atoms with E-state index < -0.39 is 17.9 Å². The lowest BCUT2D eigenvalue weighted by molar-refractivity contribution is -0.177. The Labute approximate surface area is 274 Å². The molecule has 2 saturated heterocycles. The van der Waals surface area contributed by atoms with Gasteiger partial charge in [-0.15, -0.1) is 0 Å². The molecule has 256 valence electrons. The topological polar surface area (TPSA) is 79.3 Å². The lowest BCUT2D eigenvalue weighted by Crippen LogP contribution is -2.61. The number of phenols is 1. The number of rotatable bonds is 6. The van der Waals surface area contributed by atoms with Crippen LogP contribution >= 0.6 is 0 Å².